The summed E-state index contributed by atoms with van der Waals surface area (Å²) in [7, 11) is 1.52. The summed E-state index contributed by atoms with van der Waals surface area (Å²) in [5.74, 6) is 0.460. The highest BCUT2D eigenvalue weighted by Gasteiger charge is 2.39. The number of carbonyl (C=O) groups is 3. The first-order valence-corrected chi connectivity index (χ1v) is 14.4. The average Bonchev–Trinajstić information content (AvgIpc) is 3.70. The molecule has 0 saturated carbocycles. The Bertz CT molecular complexity index is 1830. The molecule has 6 bridgehead atoms. The molecule has 4 heterocycles. The molecule has 45 heavy (non-hydrogen) atoms. The summed E-state index contributed by atoms with van der Waals surface area (Å²) < 4.78 is 17.8. The molecule has 11 heteroatoms. The highest BCUT2D eigenvalue weighted by Crippen LogP contribution is 2.32. The summed E-state index contributed by atoms with van der Waals surface area (Å²) in [6.45, 7) is 2.40. The van der Waals surface area contributed by atoms with Crippen LogP contribution < -0.4 is 24.8 Å². The normalized spacial score (nSPS) is 18.0. The SMILES string of the molecule is COc1cc2ccc1O[C@H]1CN(C(=O)c3cc(C#N)c[nH]3)C[C@@H]1NC(=O)c1ccc(C)c(c1)-c1cccc(c1)OCC(=O)NC2. The number of aryl methyl sites for hydroxylation is 1. The van der Waals surface area contributed by atoms with Crippen LogP contribution in [0.25, 0.3) is 11.1 Å². The van der Waals surface area contributed by atoms with E-state index < -0.39 is 12.1 Å². The quantitative estimate of drug-likeness (QED) is 0.317. The number of rotatable bonds is 2. The Morgan fingerprint density at radius 2 is 1.91 bits per heavy atom. The number of carbonyl (C=O) groups excluding carboxylic acids is 3. The van der Waals surface area contributed by atoms with Gasteiger partial charge in [0.1, 0.15) is 23.6 Å². The van der Waals surface area contributed by atoms with Gasteiger partial charge in [-0.05, 0) is 71.6 Å². The average molecular weight is 606 g/mol. The maximum Gasteiger partial charge on any atom is 0.270 e. The first-order chi connectivity index (χ1) is 21.8. The van der Waals surface area contributed by atoms with Crippen LogP contribution in [-0.4, -0.2) is 66.6 Å². The molecule has 228 valence electrons. The fourth-order valence-corrected chi connectivity index (χ4v) is 5.51. The second-order valence-corrected chi connectivity index (χ2v) is 11.0. The monoisotopic (exact) mass is 605 g/mol. The maximum atomic E-state index is 13.7. The summed E-state index contributed by atoms with van der Waals surface area (Å²) >= 11 is 0. The van der Waals surface area contributed by atoms with E-state index >= 15 is 0 Å². The summed E-state index contributed by atoms with van der Waals surface area (Å²) in [5, 5.41) is 15.2. The fourth-order valence-electron chi connectivity index (χ4n) is 5.51. The van der Waals surface area contributed by atoms with Gasteiger partial charge in [0.15, 0.2) is 18.1 Å². The van der Waals surface area contributed by atoms with Crippen LogP contribution in [0.15, 0.2) is 72.9 Å². The molecule has 3 aromatic carbocycles. The van der Waals surface area contributed by atoms with Crippen molar-refractivity contribution in [3.63, 3.8) is 0 Å². The number of nitrogens with zero attached hydrogens (tertiary/aromatic N) is 2. The fraction of sp³-hybridized carbons (Fsp3) is 0.235. The van der Waals surface area contributed by atoms with Gasteiger partial charge in [0, 0.05) is 24.8 Å². The van der Waals surface area contributed by atoms with E-state index in [1.165, 1.54) is 19.4 Å². The minimum atomic E-state index is -0.618. The summed E-state index contributed by atoms with van der Waals surface area (Å²) in [5.41, 5.74) is 4.47. The van der Waals surface area contributed by atoms with Gasteiger partial charge in [-0.3, -0.25) is 14.4 Å². The van der Waals surface area contributed by atoms with E-state index in [2.05, 4.69) is 15.6 Å². The molecular weight excluding hydrogens is 574 g/mol. The van der Waals surface area contributed by atoms with Crippen molar-refractivity contribution in [1.82, 2.24) is 20.5 Å². The summed E-state index contributed by atoms with van der Waals surface area (Å²) in [6.07, 6.45) is 0.857. The Hall–Kier alpha value is -5.76. The lowest BCUT2D eigenvalue weighted by Gasteiger charge is -2.23. The summed E-state index contributed by atoms with van der Waals surface area (Å²) in [4.78, 5) is 44.1. The summed E-state index contributed by atoms with van der Waals surface area (Å²) in [6, 6.07) is 21.1. The van der Waals surface area contributed by atoms with E-state index in [1.54, 1.807) is 29.2 Å². The van der Waals surface area contributed by atoms with Crippen LogP contribution in [0.5, 0.6) is 17.2 Å². The maximum absolute atomic E-state index is 13.7. The molecule has 0 unspecified atom stereocenters. The highest BCUT2D eigenvalue weighted by molar-refractivity contribution is 5.96. The van der Waals surface area contributed by atoms with E-state index in [9.17, 15) is 19.6 Å². The van der Waals surface area contributed by atoms with Crippen LogP contribution in [0.1, 0.15) is 37.5 Å². The Balaban J connectivity index is 1.36. The van der Waals surface area contributed by atoms with Crippen molar-refractivity contribution in [3.05, 3.63) is 101 Å². The number of amides is 3. The third kappa shape index (κ3) is 6.31. The number of aromatic amines is 1. The lowest BCUT2D eigenvalue weighted by Crippen LogP contribution is -2.45. The molecular formula is C34H31N5O6. The van der Waals surface area contributed by atoms with Gasteiger partial charge in [0.2, 0.25) is 0 Å². The third-order valence-electron chi connectivity index (χ3n) is 7.92. The van der Waals surface area contributed by atoms with Gasteiger partial charge in [0.05, 0.1) is 25.3 Å². The lowest BCUT2D eigenvalue weighted by atomic mass is 9.97. The van der Waals surface area contributed by atoms with Crippen molar-refractivity contribution in [2.24, 2.45) is 0 Å². The minimum Gasteiger partial charge on any atom is -0.493 e. The number of ether oxygens (including phenoxy) is 3. The predicted molar refractivity (Wildman–Crippen MR) is 164 cm³/mol. The van der Waals surface area contributed by atoms with Gasteiger partial charge < -0.3 is 34.7 Å². The topological polar surface area (TPSA) is 146 Å². The molecule has 3 aliphatic heterocycles. The molecule has 3 N–H and O–H groups in total. The molecule has 4 aromatic rings. The van der Waals surface area contributed by atoms with Crippen LogP contribution in [-0.2, 0) is 11.3 Å². The van der Waals surface area contributed by atoms with E-state index in [0.29, 0.717) is 28.4 Å². The molecule has 0 aliphatic carbocycles. The Morgan fingerprint density at radius 3 is 2.71 bits per heavy atom. The van der Waals surface area contributed by atoms with Gasteiger partial charge in [0.25, 0.3) is 17.7 Å². The highest BCUT2D eigenvalue weighted by atomic mass is 16.5. The van der Waals surface area contributed by atoms with E-state index in [4.69, 9.17) is 14.2 Å². The Morgan fingerprint density at radius 1 is 1.04 bits per heavy atom. The first kappa shape index (κ1) is 29.3. The lowest BCUT2D eigenvalue weighted by molar-refractivity contribution is -0.123. The van der Waals surface area contributed by atoms with Crippen LogP contribution in [0.3, 0.4) is 0 Å². The number of aromatic nitrogens is 1. The van der Waals surface area contributed by atoms with Crippen LogP contribution >= 0.6 is 0 Å². The predicted octanol–water partition coefficient (Wildman–Crippen LogP) is 3.58. The Labute approximate surface area is 259 Å². The number of H-pyrrole nitrogens is 1. The van der Waals surface area contributed by atoms with E-state index in [0.717, 1.165) is 22.3 Å². The number of nitrogens with one attached hydrogen (secondary N) is 3. The van der Waals surface area contributed by atoms with Crippen molar-refractivity contribution in [2.45, 2.75) is 25.6 Å². The van der Waals surface area contributed by atoms with E-state index in [1.807, 2.05) is 49.4 Å². The van der Waals surface area contributed by atoms with Crippen LogP contribution in [0.2, 0.25) is 0 Å². The zero-order valence-corrected chi connectivity index (χ0v) is 24.8. The van der Waals surface area contributed by atoms with Crippen molar-refractivity contribution in [3.8, 4) is 34.4 Å². The minimum absolute atomic E-state index is 0.165. The van der Waals surface area contributed by atoms with E-state index in [-0.39, 0.29) is 49.7 Å². The zero-order chi connectivity index (χ0) is 31.5. The van der Waals surface area contributed by atoms with Gasteiger partial charge in [-0.2, -0.15) is 5.26 Å². The molecule has 2 atom stereocenters. The standard InChI is InChI=1S/C34H31N5O6/c1-20-6-8-24-13-26(20)23-4-3-5-25(12-23)44-19-32(40)37-15-21-7-9-29(30(11-21)43-2)45-31-18-39(17-28(31)38-33(24)41)34(42)27-10-22(14-35)16-36-27/h3-13,16,28,31,36H,15,17-19H2,1-2H3,(H,37,40)(H,38,41)/t28-,31-/m0/s1. The third-order valence-corrected chi connectivity index (χ3v) is 7.92. The Kier molecular flexibility index (Phi) is 8.12. The van der Waals surface area contributed by atoms with Crippen molar-refractivity contribution >= 4 is 17.7 Å². The molecule has 3 aliphatic rings. The van der Waals surface area contributed by atoms with Crippen molar-refractivity contribution in [2.75, 3.05) is 26.8 Å². The molecule has 3 amide bonds. The first-order valence-electron chi connectivity index (χ1n) is 14.4. The van der Waals surface area contributed by atoms with Crippen molar-refractivity contribution in [1.29, 1.82) is 5.26 Å². The second kappa shape index (κ2) is 12.5. The zero-order valence-electron chi connectivity index (χ0n) is 24.8. The van der Waals surface area contributed by atoms with Crippen LogP contribution in [0.4, 0.5) is 0 Å². The second-order valence-electron chi connectivity index (χ2n) is 11.0. The number of hydrogen-bond donors (Lipinski definition) is 3. The largest absolute Gasteiger partial charge is 0.493 e. The number of methoxy groups -OCH3 is 1. The number of likely N-dealkylation sites (tertiary alicyclic amines) is 1. The molecule has 1 aromatic heterocycles. The number of fused-ring (bicyclic) bond motifs is 7. The van der Waals surface area contributed by atoms with Crippen molar-refractivity contribution < 1.29 is 28.6 Å². The van der Waals surface area contributed by atoms with Gasteiger partial charge in [-0.1, -0.05) is 24.3 Å². The molecule has 7 rings (SSSR count). The smallest absolute Gasteiger partial charge is 0.270 e. The van der Waals surface area contributed by atoms with Gasteiger partial charge >= 0.3 is 0 Å². The number of nitriles is 1. The van der Waals surface area contributed by atoms with Gasteiger partial charge in [-0.15, -0.1) is 0 Å². The molecule has 1 fully saturated rings. The number of hydrogen-bond acceptors (Lipinski definition) is 7. The molecule has 1 saturated heterocycles. The number of benzene rings is 3. The molecule has 0 spiro atoms. The molecule has 0 radical (unpaired) electrons. The molecule has 11 nitrogen and oxygen atoms in total. The van der Waals surface area contributed by atoms with Crippen LogP contribution in [0, 0.1) is 18.3 Å². The van der Waals surface area contributed by atoms with Gasteiger partial charge in [-0.25, -0.2) is 0 Å².